The molecule has 1 aromatic carbocycles. The molecule has 0 amide bonds. The first-order chi connectivity index (χ1) is 8.68. The molecule has 0 atom stereocenters. The summed E-state index contributed by atoms with van der Waals surface area (Å²) >= 11 is 0. The summed E-state index contributed by atoms with van der Waals surface area (Å²) in [7, 11) is 2.21. The molecule has 1 N–H and O–H groups in total. The zero-order valence-electron chi connectivity index (χ0n) is 12.2. The Morgan fingerprint density at radius 1 is 1.06 bits per heavy atom. The fourth-order valence-electron chi connectivity index (χ4n) is 2.05. The lowest BCUT2D eigenvalue weighted by molar-refractivity contribution is 0.316. The number of hydrogen-bond acceptors (Lipinski definition) is 2. The molecule has 0 fully saturated rings. The predicted octanol–water partition coefficient (Wildman–Crippen LogP) is 3.29. The molecule has 0 heterocycles. The van der Waals surface area contributed by atoms with Crippen LogP contribution in [0.4, 0.5) is 0 Å². The van der Waals surface area contributed by atoms with Gasteiger partial charge in [-0.1, -0.05) is 50.6 Å². The molecule has 1 rings (SSSR count). The first kappa shape index (κ1) is 15.2. The summed E-state index contributed by atoms with van der Waals surface area (Å²) in [4.78, 5) is 2.41. The molecule has 0 saturated heterocycles. The number of hydrogen-bond donors (Lipinski definition) is 1. The third kappa shape index (κ3) is 7.46. The van der Waals surface area contributed by atoms with Gasteiger partial charge < -0.3 is 10.2 Å². The van der Waals surface area contributed by atoms with Crippen LogP contribution < -0.4 is 5.32 Å². The van der Waals surface area contributed by atoms with E-state index in [1.54, 1.807) is 0 Å². The van der Waals surface area contributed by atoms with E-state index in [1.807, 2.05) is 0 Å². The average molecular weight is 248 g/mol. The van der Waals surface area contributed by atoms with Crippen LogP contribution in [0.3, 0.4) is 0 Å². The van der Waals surface area contributed by atoms with E-state index in [2.05, 4.69) is 61.4 Å². The number of nitrogens with zero attached hydrogens (tertiary/aromatic N) is 1. The van der Waals surface area contributed by atoms with Gasteiger partial charge in [-0.3, -0.25) is 0 Å². The van der Waals surface area contributed by atoms with Gasteiger partial charge in [0.05, 0.1) is 0 Å². The van der Waals surface area contributed by atoms with Crippen molar-refractivity contribution < 1.29 is 0 Å². The lowest BCUT2D eigenvalue weighted by Crippen LogP contribution is -2.24. The summed E-state index contributed by atoms with van der Waals surface area (Å²) in [6.07, 6.45) is 3.90. The third-order valence-electron chi connectivity index (χ3n) is 3.06. The summed E-state index contributed by atoms with van der Waals surface area (Å²) in [6, 6.07) is 11.3. The van der Waals surface area contributed by atoms with Crippen LogP contribution in [0.25, 0.3) is 0 Å². The molecule has 0 spiro atoms. The average Bonchev–Trinajstić information content (AvgIpc) is 2.34. The van der Waals surface area contributed by atoms with Crippen molar-refractivity contribution in [2.75, 3.05) is 20.1 Å². The second-order valence-corrected chi connectivity index (χ2v) is 5.39. The largest absolute Gasteiger partial charge is 0.315 e. The Kier molecular flexibility index (Phi) is 7.70. The van der Waals surface area contributed by atoms with E-state index in [4.69, 9.17) is 0 Å². The maximum atomic E-state index is 3.46. The van der Waals surface area contributed by atoms with Crippen LogP contribution in [-0.2, 0) is 6.54 Å². The Labute approximate surface area is 112 Å². The van der Waals surface area contributed by atoms with E-state index in [9.17, 15) is 0 Å². The van der Waals surface area contributed by atoms with Gasteiger partial charge in [-0.15, -0.1) is 0 Å². The molecule has 0 bridgehead atoms. The summed E-state index contributed by atoms with van der Waals surface area (Å²) in [6.45, 7) is 7.81. The van der Waals surface area contributed by atoms with Crippen LogP contribution in [-0.4, -0.2) is 31.1 Å². The summed E-state index contributed by atoms with van der Waals surface area (Å²) in [5.74, 6) is 0. The monoisotopic (exact) mass is 248 g/mol. The van der Waals surface area contributed by atoms with Crippen LogP contribution in [0.5, 0.6) is 0 Å². The zero-order valence-corrected chi connectivity index (χ0v) is 12.2. The van der Waals surface area contributed by atoms with Gasteiger partial charge in [0.25, 0.3) is 0 Å². The third-order valence-corrected chi connectivity index (χ3v) is 3.06. The van der Waals surface area contributed by atoms with Crippen molar-refractivity contribution in [2.24, 2.45) is 0 Å². The summed E-state index contributed by atoms with van der Waals surface area (Å²) in [5.41, 5.74) is 1.40. The van der Waals surface area contributed by atoms with Gasteiger partial charge >= 0.3 is 0 Å². The standard InChI is InChI=1S/C16H28N2/c1-15(2)17-12-8-5-9-13-18(3)14-16-10-6-4-7-11-16/h4,6-7,10-11,15,17H,5,8-9,12-14H2,1-3H3. The zero-order chi connectivity index (χ0) is 13.2. The highest BCUT2D eigenvalue weighted by molar-refractivity contribution is 5.14. The van der Waals surface area contributed by atoms with Gasteiger partial charge in [0.2, 0.25) is 0 Å². The molecule has 2 nitrogen and oxygen atoms in total. The van der Waals surface area contributed by atoms with Crippen LogP contribution in [0, 0.1) is 0 Å². The topological polar surface area (TPSA) is 15.3 Å². The Balaban J connectivity index is 2.02. The number of nitrogens with one attached hydrogen (secondary N) is 1. The van der Waals surface area contributed by atoms with Crippen molar-refractivity contribution in [3.8, 4) is 0 Å². The van der Waals surface area contributed by atoms with Gasteiger partial charge in [0.15, 0.2) is 0 Å². The fraction of sp³-hybridized carbons (Fsp3) is 0.625. The van der Waals surface area contributed by atoms with Crippen molar-refractivity contribution in [1.82, 2.24) is 10.2 Å². The quantitative estimate of drug-likeness (QED) is 0.675. The molecular formula is C16H28N2. The molecule has 0 aliphatic carbocycles. The van der Waals surface area contributed by atoms with E-state index < -0.39 is 0 Å². The summed E-state index contributed by atoms with van der Waals surface area (Å²) < 4.78 is 0. The molecule has 0 aliphatic heterocycles. The smallest absolute Gasteiger partial charge is 0.0230 e. The van der Waals surface area contributed by atoms with Gasteiger partial charge in [-0.05, 0) is 38.5 Å². The predicted molar refractivity (Wildman–Crippen MR) is 79.8 cm³/mol. The minimum Gasteiger partial charge on any atom is -0.315 e. The first-order valence-corrected chi connectivity index (χ1v) is 7.14. The lowest BCUT2D eigenvalue weighted by atomic mass is 10.2. The SMILES string of the molecule is CC(C)NCCCCCN(C)Cc1ccccc1. The van der Waals surface area contributed by atoms with Crippen molar-refractivity contribution in [1.29, 1.82) is 0 Å². The van der Waals surface area contributed by atoms with Crippen LogP contribution in [0.15, 0.2) is 30.3 Å². The number of unbranched alkanes of at least 4 members (excludes halogenated alkanes) is 2. The molecule has 0 saturated carbocycles. The fourth-order valence-corrected chi connectivity index (χ4v) is 2.05. The van der Waals surface area contributed by atoms with Crippen LogP contribution in [0.1, 0.15) is 38.7 Å². The van der Waals surface area contributed by atoms with Crippen molar-refractivity contribution >= 4 is 0 Å². The van der Waals surface area contributed by atoms with E-state index >= 15 is 0 Å². The highest BCUT2D eigenvalue weighted by Gasteiger charge is 1.99. The van der Waals surface area contributed by atoms with E-state index in [1.165, 1.54) is 31.4 Å². The van der Waals surface area contributed by atoms with Crippen LogP contribution in [0.2, 0.25) is 0 Å². The van der Waals surface area contributed by atoms with Gasteiger partial charge in [0, 0.05) is 12.6 Å². The molecule has 0 aromatic heterocycles. The highest BCUT2D eigenvalue weighted by atomic mass is 15.1. The van der Waals surface area contributed by atoms with Crippen LogP contribution >= 0.6 is 0 Å². The molecule has 18 heavy (non-hydrogen) atoms. The molecule has 2 heteroatoms. The molecule has 102 valence electrons. The van der Waals surface area contributed by atoms with Crippen molar-refractivity contribution in [3.63, 3.8) is 0 Å². The Morgan fingerprint density at radius 2 is 1.78 bits per heavy atom. The first-order valence-electron chi connectivity index (χ1n) is 7.14. The molecule has 1 aromatic rings. The van der Waals surface area contributed by atoms with Crippen molar-refractivity contribution in [2.45, 2.75) is 45.7 Å². The molecular weight excluding hydrogens is 220 g/mol. The molecule has 0 aliphatic rings. The molecule has 0 radical (unpaired) electrons. The van der Waals surface area contributed by atoms with Gasteiger partial charge in [-0.2, -0.15) is 0 Å². The van der Waals surface area contributed by atoms with E-state index in [-0.39, 0.29) is 0 Å². The normalized spacial score (nSPS) is 11.4. The summed E-state index contributed by atoms with van der Waals surface area (Å²) in [5, 5.41) is 3.46. The van der Waals surface area contributed by atoms with Gasteiger partial charge in [-0.25, -0.2) is 0 Å². The van der Waals surface area contributed by atoms with E-state index in [0.717, 1.165) is 13.1 Å². The lowest BCUT2D eigenvalue weighted by Gasteiger charge is -2.16. The molecule has 0 unspecified atom stereocenters. The Hall–Kier alpha value is -0.860. The van der Waals surface area contributed by atoms with Gasteiger partial charge in [0.1, 0.15) is 0 Å². The Bertz CT molecular complexity index is 295. The minimum atomic E-state index is 0.616. The minimum absolute atomic E-state index is 0.616. The highest BCUT2D eigenvalue weighted by Crippen LogP contribution is 2.04. The number of benzene rings is 1. The maximum absolute atomic E-state index is 3.46. The second kappa shape index (κ2) is 9.12. The number of rotatable bonds is 9. The maximum Gasteiger partial charge on any atom is 0.0230 e. The van der Waals surface area contributed by atoms with E-state index in [0.29, 0.717) is 6.04 Å². The Morgan fingerprint density at radius 3 is 2.44 bits per heavy atom. The van der Waals surface area contributed by atoms with Crippen molar-refractivity contribution in [3.05, 3.63) is 35.9 Å². The second-order valence-electron chi connectivity index (χ2n) is 5.39.